The predicted octanol–water partition coefficient (Wildman–Crippen LogP) is 3.21. The van der Waals surface area contributed by atoms with Crippen LogP contribution in [-0.2, 0) is 0 Å². The van der Waals surface area contributed by atoms with Crippen molar-refractivity contribution >= 4 is 38.4 Å². The molecule has 13 heavy (non-hydrogen) atoms. The van der Waals surface area contributed by atoms with Gasteiger partial charge in [0.2, 0.25) is 0 Å². The van der Waals surface area contributed by atoms with Gasteiger partial charge in [0.1, 0.15) is 5.17 Å². The highest BCUT2D eigenvalue weighted by molar-refractivity contribution is 9.10. The average molecular weight is 260 g/mol. The molecule has 0 N–H and O–H groups in total. The standard InChI is InChI=1S/C9H8BrClN2/c10-7-2-1-3-8(6-7)13-5-4-9(11)12-13/h1-3,6H,4-5H2. The maximum absolute atomic E-state index is 5.79. The molecule has 0 amide bonds. The SMILES string of the molecule is ClC1=NN(c2cccc(Br)c2)CC1. The van der Waals surface area contributed by atoms with E-state index in [0.717, 1.165) is 23.1 Å². The second-order valence-electron chi connectivity index (χ2n) is 2.83. The lowest BCUT2D eigenvalue weighted by atomic mass is 10.3. The van der Waals surface area contributed by atoms with Crippen LogP contribution >= 0.6 is 27.5 Å². The van der Waals surface area contributed by atoms with E-state index in [1.807, 2.05) is 29.3 Å². The van der Waals surface area contributed by atoms with Crippen molar-refractivity contribution in [1.29, 1.82) is 0 Å². The van der Waals surface area contributed by atoms with E-state index < -0.39 is 0 Å². The van der Waals surface area contributed by atoms with Gasteiger partial charge in [0, 0.05) is 17.4 Å². The first-order valence-electron chi connectivity index (χ1n) is 4.02. The van der Waals surface area contributed by atoms with Gasteiger partial charge in [-0.2, -0.15) is 5.10 Å². The van der Waals surface area contributed by atoms with Crippen molar-refractivity contribution in [3.05, 3.63) is 28.7 Å². The predicted molar refractivity (Wildman–Crippen MR) is 59.4 cm³/mol. The second kappa shape index (κ2) is 3.68. The number of hydrogen-bond donors (Lipinski definition) is 0. The van der Waals surface area contributed by atoms with Crippen LogP contribution < -0.4 is 5.01 Å². The van der Waals surface area contributed by atoms with Crippen LogP contribution in [0.2, 0.25) is 0 Å². The van der Waals surface area contributed by atoms with Crippen molar-refractivity contribution in [3.63, 3.8) is 0 Å². The van der Waals surface area contributed by atoms with Gasteiger partial charge in [-0.3, -0.25) is 5.01 Å². The van der Waals surface area contributed by atoms with Crippen LogP contribution in [0.1, 0.15) is 6.42 Å². The summed E-state index contributed by atoms with van der Waals surface area (Å²) in [4.78, 5) is 0. The zero-order chi connectivity index (χ0) is 9.26. The molecule has 0 saturated carbocycles. The fourth-order valence-electron chi connectivity index (χ4n) is 1.25. The van der Waals surface area contributed by atoms with Crippen LogP contribution in [0.5, 0.6) is 0 Å². The van der Waals surface area contributed by atoms with E-state index in [0.29, 0.717) is 5.17 Å². The van der Waals surface area contributed by atoms with Crippen LogP contribution in [0.15, 0.2) is 33.8 Å². The summed E-state index contributed by atoms with van der Waals surface area (Å²) >= 11 is 9.21. The monoisotopic (exact) mass is 258 g/mol. The summed E-state index contributed by atoms with van der Waals surface area (Å²) in [6, 6.07) is 8.02. The van der Waals surface area contributed by atoms with Crippen molar-refractivity contribution in [2.75, 3.05) is 11.6 Å². The lowest BCUT2D eigenvalue weighted by Crippen LogP contribution is -2.11. The summed E-state index contributed by atoms with van der Waals surface area (Å²) in [6.07, 6.45) is 0.841. The molecule has 1 aromatic rings. The molecule has 68 valence electrons. The van der Waals surface area contributed by atoms with Gasteiger partial charge in [-0.05, 0) is 18.2 Å². The van der Waals surface area contributed by atoms with Crippen molar-refractivity contribution in [3.8, 4) is 0 Å². The van der Waals surface area contributed by atoms with Gasteiger partial charge in [-0.1, -0.05) is 33.6 Å². The van der Waals surface area contributed by atoms with E-state index >= 15 is 0 Å². The van der Waals surface area contributed by atoms with E-state index in [-0.39, 0.29) is 0 Å². The van der Waals surface area contributed by atoms with Crippen LogP contribution in [-0.4, -0.2) is 11.7 Å². The van der Waals surface area contributed by atoms with Crippen molar-refractivity contribution < 1.29 is 0 Å². The van der Waals surface area contributed by atoms with E-state index in [4.69, 9.17) is 11.6 Å². The number of anilines is 1. The molecule has 0 bridgehead atoms. The summed E-state index contributed by atoms with van der Waals surface area (Å²) in [5.41, 5.74) is 1.07. The molecule has 1 aliphatic heterocycles. The van der Waals surface area contributed by atoms with Gasteiger partial charge >= 0.3 is 0 Å². The van der Waals surface area contributed by atoms with Gasteiger partial charge < -0.3 is 0 Å². The molecule has 1 aromatic carbocycles. The van der Waals surface area contributed by atoms with Gasteiger partial charge in [-0.25, -0.2) is 0 Å². The maximum atomic E-state index is 5.79. The first kappa shape index (κ1) is 9.03. The molecule has 0 unspecified atom stereocenters. The summed E-state index contributed by atoms with van der Waals surface area (Å²) in [5.74, 6) is 0. The molecule has 4 heteroatoms. The van der Waals surface area contributed by atoms with Gasteiger partial charge in [0.05, 0.1) is 5.69 Å². The van der Waals surface area contributed by atoms with Crippen LogP contribution in [0, 0.1) is 0 Å². The van der Waals surface area contributed by atoms with Gasteiger partial charge in [-0.15, -0.1) is 0 Å². The van der Waals surface area contributed by atoms with Crippen molar-refractivity contribution in [1.82, 2.24) is 0 Å². The molecule has 1 aliphatic rings. The number of rotatable bonds is 1. The van der Waals surface area contributed by atoms with Crippen LogP contribution in [0.3, 0.4) is 0 Å². The molecule has 0 saturated heterocycles. The molecule has 1 heterocycles. The van der Waals surface area contributed by atoms with Crippen LogP contribution in [0.4, 0.5) is 5.69 Å². The smallest absolute Gasteiger partial charge is 0.128 e. The number of hydrogen-bond acceptors (Lipinski definition) is 2. The second-order valence-corrected chi connectivity index (χ2v) is 4.18. The molecule has 2 rings (SSSR count). The Hall–Kier alpha value is -0.540. The number of halogens is 2. The first-order valence-corrected chi connectivity index (χ1v) is 5.19. The highest BCUT2D eigenvalue weighted by Crippen LogP contribution is 2.23. The van der Waals surface area contributed by atoms with E-state index in [9.17, 15) is 0 Å². The maximum Gasteiger partial charge on any atom is 0.128 e. The Morgan fingerprint density at radius 1 is 1.46 bits per heavy atom. The Labute approximate surface area is 90.3 Å². The zero-order valence-electron chi connectivity index (χ0n) is 6.87. The molecule has 0 radical (unpaired) electrons. The highest BCUT2D eigenvalue weighted by atomic mass is 79.9. The quantitative estimate of drug-likeness (QED) is 0.756. The fraction of sp³-hybridized carbons (Fsp3) is 0.222. The van der Waals surface area contributed by atoms with Crippen molar-refractivity contribution in [2.24, 2.45) is 5.10 Å². The normalized spacial score (nSPS) is 16.2. The highest BCUT2D eigenvalue weighted by Gasteiger charge is 2.13. The minimum Gasteiger partial charge on any atom is -0.264 e. The molecule has 0 aliphatic carbocycles. The first-order chi connectivity index (χ1) is 6.25. The van der Waals surface area contributed by atoms with E-state index in [2.05, 4.69) is 21.0 Å². The Morgan fingerprint density at radius 2 is 2.31 bits per heavy atom. The lowest BCUT2D eigenvalue weighted by molar-refractivity contribution is 0.921. The molecule has 0 spiro atoms. The topological polar surface area (TPSA) is 15.6 Å². The Morgan fingerprint density at radius 3 is 2.92 bits per heavy atom. The third-order valence-electron chi connectivity index (χ3n) is 1.87. The molecule has 0 atom stereocenters. The van der Waals surface area contributed by atoms with E-state index in [1.165, 1.54) is 0 Å². The summed E-state index contributed by atoms with van der Waals surface area (Å²) in [7, 11) is 0. The number of benzene rings is 1. The summed E-state index contributed by atoms with van der Waals surface area (Å²) in [5, 5.41) is 6.78. The molecule has 0 fully saturated rings. The van der Waals surface area contributed by atoms with Crippen LogP contribution in [0.25, 0.3) is 0 Å². The van der Waals surface area contributed by atoms with Gasteiger partial charge in [0.15, 0.2) is 0 Å². The third-order valence-corrected chi connectivity index (χ3v) is 2.62. The summed E-state index contributed by atoms with van der Waals surface area (Å²) < 4.78 is 1.06. The number of nitrogens with zero attached hydrogens (tertiary/aromatic N) is 2. The zero-order valence-corrected chi connectivity index (χ0v) is 9.22. The Balaban J connectivity index is 2.26. The Kier molecular flexibility index (Phi) is 2.56. The molecule has 2 nitrogen and oxygen atoms in total. The number of hydrazone groups is 1. The largest absolute Gasteiger partial charge is 0.264 e. The minimum absolute atomic E-state index is 0.681. The Bertz CT molecular complexity index is 351. The molecule has 0 aromatic heterocycles. The molecular weight excluding hydrogens is 251 g/mol. The van der Waals surface area contributed by atoms with Crippen molar-refractivity contribution in [2.45, 2.75) is 6.42 Å². The van der Waals surface area contributed by atoms with Gasteiger partial charge in [0.25, 0.3) is 0 Å². The summed E-state index contributed by atoms with van der Waals surface area (Å²) in [6.45, 7) is 0.870. The molecular formula is C9H8BrClN2. The van der Waals surface area contributed by atoms with E-state index in [1.54, 1.807) is 0 Å². The lowest BCUT2D eigenvalue weighted by Gasteiger charge is -2.12. The minimum atomic E-state index is 0.681. The fourth-order valence-corrected chi connectivity index (χ4v) is 1.82. The average Bonchev–Trinajstić information content (AvgIpc) is 2.52. The third kappa shape index (κ3) is 2.03.